The lowest BCUT2D eigenvalue weighted by Crippen LogP contribution is -2.25. The van der Waals surface area contributed by atoms with Crippen molar-refractivity contribution in [3.8, 4) is 0 Å². The molecule has 3 heteroatoms. The van der Waals surface area contributed by atoms with Crippen LogP contribution in [-0.2, 0) is 14.2 Å². The van der Waals surface area contributed by atoms with Crippen molar-refractivity contribution in [2.75, 3.05) is 33.5 Å². The van der Waals surface area contributed by atoms with E-state index >= 15 is 0 Å². The van der Waals surface area contributed by atoms with Crippen LogP contribution in [0.15, 0.2) is 0 Å². The first-order valence-corrected chi connectivity index (χ1v) is 5.03. The van der Waals surface area contributed by atoms with E-state index in [9.17, 15) is 0 Å². The Kier molecular flexibility index (Phi) is 9.87. The molecule has 0 fully saturated rings. The monoisotopic (exact) mass is 190 g/mol. The maximum Gasteiger partial charge on any atom is 0.104 e. The molecule has 0 saturated carbocycles. The molecule has 0 aromatic rings. The molecule has 13 heavy (non-hydrogen) atoms. The molecule has 0 spiro atoms. The van der Waals surface area contributed by atoms with Gasteiger partial charge >= 0.3 is 0 Å². The second-order valence-corrected chi connectivity index (χ2v) is 3.02. The molecule has 1 atom stereocenters. The second kappa shape index (κ2) is 9.96. The fraction of sp³-hybridized carbons (Fsp3) is 1.00. The van der Waals surface area contributed by atoms with Gasteiger partial charge in [-0.25, -0.2) is 0 Å². The van der Waals surface area contributed by atoms with E-state index in [0.717, 1.165) is 26.1 Å². The van der Waals surface area contributed by atoms with Crippen molar-refractivity contribution in [3.63, 3.8) is 0 Å². The van der Waals surface area contributed by atoms with Crippen LogP contribution in [0.4, 0.5) is 0 Å². The van der Waals surface area contributed by atoms with E-state index in [2.05, 4.69) is 13.8 Å². The predicted octanol–water partition coefficient (Wildman–Crippen LogP) is 1.85. The summed E-state index contributed by atoms with van der Waals surface area (Å²) in [6, 6.07) is 0. The molecule has 80 valence electrons. The zero-order valence-corrected chi connectivity index (χ0v) is 9.04. The van der Waals surface area contributed by atoms with Crippen molar-refractivity contribution in [1.82, 2.24) is 0 Å². The van der Waals surface area contributed by atoms with E-state index in [-0.39, 0.29) is 6.10 Å². The molecule has 0 radical (unpaired) electrons. The lowest BCUT2D eigenvalue weighted by molar-refractivity contribution is -0.0507. The number of ether oxygens (including phenoxy) is 3. The van der Waals surface area contributed by atoms with Crippen molar-refractivity contribution < 1.29 is 14.2 Å². The minimum absolute atomic E-state index is 0.0940. The van der Waals surface area contributed by atoms with Crippen molar-refractivity contribution in [2.24, 2.45) is 0 Å². The standard InChI is InChI=1S/C10H22O3/c1-4-6-12-9-10(8-11-3)13-7-5-2/h10H,4-9H2,1-3H3. The summed E-state index contributed by atoms with van der Waals surface area (Å²) < 4.78 is 15.9. The zero-order chi connectivity index (χ0) is 9.94. The first kappa shape index (κ1) is 12.9. The van der Waals surface area contributed by atoms with Gasteiger partial charge in [0.2, 0.25) is 0 Å². The first-order valence-electron chi connectivity index (χ1n) is 5.03. The molecule has 0 aliphatic rings. The molecule has 0 rings (SSSR count). The van der Waals surface area contributed by atoms with Crippen molar-refractivity contribution in [1.29, 1.82) is 0 Å². The summed E-state index contributed by atoms with van der Waals surface area (Å²) in [4.78, 5) is 0. The van der Waals surface area contributed by atoms with Gasteiger partial charge in [-0.1, -0.05) is 13.8 Å². The summed E-state index contributed by atoms with van der Waals surface area (Å²) in [5.41, 5.74) is 0. The molecule has 0 bridgehead atoms. The number of methoxy groups -OCH3 is 1. The van der Waals surface area contributed by atoms with Gasteiger partial charge in [0.05, 0.1) is 13.2 Å². The topological polar surface area (TPSA) is 27.7 Å². The highest BCUT2D eigenvalue weighted by atomic mass is 16.6. The van der Waals surface area contributed by atoms with Crippen molar-refractivity contribution >= 4 is 0 Å². The Morgan fingerprint density at radius 3 is 2.23 bits per heavy atom. The summed E-state index contributed by atoms with van der Waals surface area (Å²) in [5, 5.41) is 0. The van der Waals surface area contributed by atoms with Crippen LogP contribution in [0.1, 0.15) is 26.7 Å². The second-order valence-electron chi connectivity index (χ2n) is 3.02. The average Bonchev–Trinajstić information content (AvgIpc) is 2.14. The van der Waals surface area contributed by atoms with E-state index in [4.69, 9.17) is 14.2 Å². The molecule has 0 aromatic carbocycles. The average molecular weight is 190 g/mol. The lowest BCUT2D eigenvalue weighted by Gasteiger charge is -2.16. The van der Waals surface area contributed by atoms with Gasteiger partial charge in [-0.3, -0.25) is 0 Å². The normalized spacial score (nSPS) is 13.2. The molecule has 0 heterocycles. The van der Waals surface area contributed by atoms with Crippen molar-refractivity contribution in [3.05, 3.63) is 0 Å². The molecular weight excluding hydrogens is 168 g/mol. The molecule has 0 amide bonds. The summed E-state index contributed by atoms with van der Waals surface area (Å²) in [6.07, 6.45) is 2.18. The molecule has 0 aliphatic heterocycles. The fourth-order valence-corrected chi connectivity index (χ4v) is 0.974. The molecule has 0 aromatic heterocycles. The Morgan fingerprint density at radius 2 is 1.69 bits per heavy atom. The largest absolute Gasteiger partial charge is 0.382 e. The molecule has 3 nitrogen and oxygen atoms in total. The molecular formula is C10H22O3. The zero-order valence-electron chi connectivity index (χ0n) is 9.04. The quantitative estimate of drug-likeness (QED) is 0.519. The van der Waals surface area contributed by atoms with Crippen LogP contribution in [-0.4, -0.2) is 39.6 Å². The Hall–Kier alpha value is -0.120. The fourth-order valence-electron chi connectivity index (χ4n) is 0.974. The van der Waals surface area contributed by atoms with E-state index in [0.29, 0.717) is 13.2 Å². The van der Waals surface area contributed by atoms with Crippen molar-refractivity contribution in [2.45, 2.75) is 32.8 Å². The summed E-state index contributed by atoms with van der Waals surface area (Å²) in [6.45, 7) is 7.03. The third-order valence-electron chi connectivity index (χ3n) is 1.56. The van der Waals surface area contributed by atoms with Gasteiger partial charge in [-0.2, -0.15) is 0 Å². The molecule has 1 unspecified atom stereocenters. The van der Waals surface area contributed by atoms with Gasteiger partial charge < -0.3 is 14.2 Å². The number of rotatable bonds is 9. The maximum atomic E-state index is 5.53. The lowest BCUT2D eigenvalue weighted by atomic mass is 10.4. The van der Waals surface area contributed by atoms with E-state index in [1.165, 1.54) is 0 Å². The van der Waals surface area contributed by atoms with E-state index < -0.39 is 0 Å². The van der Waals surface area contributed by atoms with Crippen LogP contribution in [0.3, 0.4) is 0 Å². The van der Waals surface area contributed by atoms with E-state index in [1.54, 1.807) is 7.11 Å². The number of hydrogen-bond donors (Lipinski definition) is 0. The van der Waals surface area contributed by atoms with Crippen LogP contribution in [0.25, 0.3) is 0 Å². The van der Waals surface area contributed by atoms with Crippen LogP contribution < -0.4 is 0 Å². The minimum Gasteiger partial charge on any atom is -0.382 e. The highest BCUT2D eigenvalue weighted by Crippen LogP contribution is 1.96. The maximum absolute atomic E-state index is 5.53. The smallest absolute Gasteiger partial charge is 0.104 e. The van der Waals surface area contributed by atoms with Crippen LogP contribution in [0.2, 0.25) is 0 Å². The highest BCUT2D eigenvalue weighted by Gasteiger charge is 2.07. The Morgan fingerprint density at radius 1 is 1.00 bits per heavy atom. The van der Waals surface area contributed by atoms with E-state index in [1.807, 2.05) is 0 Å². The Labute approximate surface area is 81.4 Å². The Bertz CT molecular complexity index is 96.2. The van der Waals surface area contributed by atoms with Gasteiger partial charge in [0.25, 0.3) is 0 Å². The Balaban J connectivity index is 3.41. The van der Waals surface area contributed by atoms with Gasteiger partial charge in [-0.15, -0.1) is 0 Å². The minimum atomic E-state index is 0.0940. The number of hydrogen-bond acceptors (Lipinski definition) is 3. The highest BCUT2D eigenvalue weighted by molar-refractivity contribution is 4.54. The summed E-state index contributed by atoms with van der Waals surface area (Å²) in [5.74, 6) is 0. The van der Waals surface area contributed by atoms with Gasteiger partial charge in [0, 0.05) is 20.3 Å². The molecule has 0 N–H and O–H groups in total. The molecule has 0 saturated heterocycles. The van der Waals surface area contributed by atoms with Crippen LogP contribution >= 0.6 is 0 Å². The first-order chi connectivity index (χ1) is 6.35. The van der Waals surface area contributed by atoms with Gasteiger partial charge in [0.1, 0.15) is 6.10 Å². The van der Waals surface area contributed by atoms with Crippen LogP contribution in [0, 0.1) is 0 Å². The van der Waals surface area contributed by atoms with Gasteiger partial charge in [-0.05, 0) is 12.8 Å². The third-order valence-corrected chi connectivity index (χ3v) is 1.56. The summed E-state index contributed by atoms with van der Waals surface area (Å²) >= 11 is 0. The van der Waals surface area contributed by atoms with Crippen LogP contribution in [0.5, 0.6) is 0 Å². The van der Waals surface area contributed by atoms with Gasteiger partial charge in [0.15, 0.2) is 0 Å². The SMILES string of the molecule is CCCOCC(COC)OCCC. The third kappa shape index (κ3) is 8.22. The summed E-state index contributed by atoms with van der Waals surface area (Å²) in [7, 11) is 1.68. The molecule has 0 aliphatic carbocycles. The predicted molar refractivity (Wildman–Crippen MR) is 53.0 cm³/mol.